The van der Waals surface area contributed by atoms with Gasteiger partial charge in [0.1, 0.15) is 0 Å². The van der Waals surface area contributed by atoms with Gasteiger partial charge >= 0.3 is 0 Å². The van der Waals surface area contributed by atoms with Crippen LogP contribution in [0.5, 0.6) is 0 Å². The van der Waals surface area contributed by atoms with Gasteiger partial charge in [0.15, 0.2) is 0 Å². The van der Waals surface area contributed by atoms with E-state index in [4.69, 9.17) is 23.2 Å². The Morgan fingerprint density at radius 2 is 1.74 bits per heavy atom. The van der Waals surface area contributed by atoms with Gasteiger partial charge in [0.2, 0.25) is 0 Å². The summed E-state index contributed by atoms with van der Waals surface area (Å²) in [4.78, 5) is 12.3. The molecule has 106 valence electrons. The molecule has 19 heavy (non-hydrogen) atoms. The van der Waals surface area contributed by atoms with Gasteiger partial charge in [-0.15, -0.1) is 0 Å². The molecule has 1 rings (SSSR count). The molecule has 0 fully saturated rings. The maximum Gasteiger partial charge on any atom is 0.251 e. The van der Waals surface area contributed by atoms with Crippen molar-refractivity contribution in [1.82, 2.24) is 5.32 Å². The van der Waals surface area contributed by atoms with E-state index in [1.165, 1.54) is 0 Å². The van der Waals surface area contributed by atoms with Crippen molar-refractivity contribution in [3.05, 3.63) is 33.8 Å². The van der Waals surface area contributed by atoms with Crippen LogP contribution in [-0.2, 0) is 0 Å². The van der Waals surface area contributed by atoms with Gasteiger partial charge in [-0.25, -0.2) is 0 Å². The molecular formula is C14H18BrCl2NO. The van der Waals surface area contributed by atoms with Crippen LogP contribution < -0.4 is 5.32 Å². The van der Waals surface area contributed by atoms with Gasteiger partial charge < -0.3 is 5.32 Å². The van der Waals surface area contributed by atoms with Crippen LogP contribution in [0.15, 0.2) is 18.2 Å². The van der Waals surface area contributed by atoms with Crippen molar-refractivity contribution in [2.45, 2.75) is 31.5 Å². The Hall–Kier alpha value is -0.250. The predicted molar refractivity (Wildman–Crippen MR) is 85.6 cm³/mol. The summed E-state index contributed by atoms with van der Waals surface area (Å²) in [6, 6.07) is 4.84. The Morgan fingerprint density at radius 3 is 2.21 bits per heavy atom. The fourth-order valence-corrected chi connectivity index (χ4v) is 3.38. The quantitative estimate of drug-likeness (QED) is 0.711. The standard InChI is InChI=1S/C14H18BrCl2NO/c1-3-9(4-2)13(15)8-18-14(19)10-5-11(16)7-12(17)6-10/h5-7,9,13H,3-4,8H2,1-2H3,(H,18,19). The Labute approximate surface area is 133 Å². The number of halogens is 3. The Kier molecular flexibility index (Phi) is 7.19. The molecule has 1 N–H and O–H groups in total. The van der Waals surface area contributed by atoms with Crippen LogP contribution in [0.1, 0.15) is 37.0 Å². The minimum Gasteiger partial charge on any atom is -0.351 e. The first kappa shape index (κ1) is 16.8. The highest BCUT2D eigenvalue weighted by atomic mass is 79.9. The van der Waals surface area contributed by atoms with E-state index in [9.17, 15) is 4.79 Å². The van der Waals surface area contributed by atoms with E-state index in [1.807, 2.05) is 0 Å². The molecule has 0 aliphatic heterocycles. The molecule has 1 aromatic carbocycles. The SMILES string of the molecule is CCC(CC)C(Br)CNC(=O)c1cc(Cl)cc(Cl)c1. The molecule has 0 aliphatic rings. The third-order valence-electron chi connectivity index (χ3n) is 3.14. The summed E-state index contributed by atoms with van der Waals surface area (Å²) in [6.07, 6.45) is 2.18. The number of carbonyl (C=O) groups is 1. The van der Waals surface area contributed by atoms with E-state index in [2.05, 4.69) is 35.1 Å². The second-order valence-electron chi connectivity index (χ2n) is 4.46. The minimum atomic E-state index is -0.153. The van der Waals surface area contributed by atoms with Crippen molar-refractivity contribution in [2.24, 2.45) is 5.92 Å². The van der Waals surface area contributed by atoms with Gasteiger partial charge in [-0.2, -0.15) is 0 Å². The van der Waals surface area contributed by atoms with Crippen molar-refractivity contribution in [2.75, 3.05) is 6.54 Å². The van der Waals surface area contributed by atoms with Gasteiger partial charge in [-0.3, -0.25) is 4.79 Å². The summed E-state index contributed by atoms with van der Waals surface area (Å²) in [5.41, 5.74) is 0.488. The number of benzene rings is 1. The van der Waals surface area contributed by atoms with E-state index in [0.29, 0.717) is 28.1 Å². The van der Waals surface area contributed by atoms with Crippen LogP contribution in [0.3, 0.4) is 0 Å². The third-order valence-corrected chi connectivity index (χ3v) is 4.65. The third kappa shape index (κ3) is 5.33. The van der Waals surface area contributed by atoms with Crippen LogP contribution in [0.4, 0.5) is 0 Å². The summed E-state index contributed by atoms with van der Waals surface area (Å²) in [5, 5.41) is 3.83. The van der Waals surface area contributed by atoms with Crippen LogP contribution in [0, 0.1) is 5.92 Å². The maximum atomic E-state index is 12.0. The molecule has 5 heteroatoms. The highest BCUT2D eigenvalue weighted by Crippen LogP contribution is 2.21. The van der Waals surface area contributed by atoms with E-state index >= 15 is 0 Å². The van der Waals surface area contributed by atoms with Crippen molar-refractivity contribution in [3.8, 4) is 0 Å². The highest BCUT2D eigenvalue weighted by molar-refractivity contribution is 9.09. The summed E-state index contributed by atoms with van der Waals surface area (Å²) < 4.78 is 0. The zero-order valence-corrected chi connectivity index (χ0v) is 14.1. The molecule has 1 aromatic rings. The number of rotatable bonds is 6. The number of hydrogen-bond donors (Lipinski definition) is 1. The Balaban J connectivity index is 2.60. The minimum absolute atomic E-state index is 0.153. The molecule has 1 amide bonds. The van der Waals surface area contributed by atoms with Gasteiger partial charge in [0.25, 0.3) is 5.91 Å². The molecule has 0 aliphatic carbocycles. The predicted octanol–water partition coefficient (Wildman–Crippen LogP) is 4.92. The lowest BCUT2D eigenvalue weighted by atomic mass is 9.99. The normalized spacial score (nSPS) is 12.5. The molecule has 1 atom stereocenters. The summed E-state index contributed by atoms with van der Waals surface area (Å²) in [6.45, 7) is 4.90. The lowest BCUT2D eigenvalue weighted by Crippen LogP contribution is -2.32. The van der Waals surface area contributed by atoms with Crippen molar-refractivity contribution in [1.29, 1.82) is 0 Å². The number of amides is 1. The van der Waals surface area contributed by atoms with Crippen LogP contribution in [-0.4, -0.2) is 17.3 Å². The lowest BCUT2D eigenvalue weighted by Gasteiger charge is -2.19. The van der Waals surface area contributed by atoms with Crippen LogP contribution >= 0.6 is 39.1 Å². The second kappa shape index (κ2) is 8.13. The average Bonchev–Trinajstić information content (AvgIpc) is 2.36. The molecule has 0 bridgehead atoms. The molecule has 2 nitrogen and oxygen atoms in total. The van der Waals surface area contributed by atoms with Crippen molar-refractivity contribution in [3.63, 3.8) is 0 Å². The molecule has 0 saturated carbocycles. The number of carbonyl (C=O) groups excluding carboxylic acids is 1. The number of alkyl halides is 1. The van der Waals surface area contributed by atoms with Crippen LogP contribution in [0.2, 0.25) is 10.0 Å². The fourth-order valence-electron chi connectivity index (χ4n) is 1.94. The first-order valence-electron chi connectivity index (χ1n) is 6.36. The topological polar surface area (TPSA) is 29.1 Å². The average molecular weight is 367 g/mol. The molecule has 0 spiro atoms. The molecule has 1 unspecified atom stereocenters. The fraction of sp³-hybridized carbons (Fsp3) is 0.500. The molecule has 0 radical (unpaired) electrons. The van der Waals surface area contributed by atoms with E-state index in [1.54, 1.807) is 18.2 Å². The van der Waals surface area contributed by atoms with E-state index < -0.39 is 0 Å². The van der Waals surface area contributed by atoms with E-state index in [0.717, 1.165) is 12.8 Å². The summed E-state index contributed by atoms with van der Waals surface area (Å²) in [7, 11) is 0. The van der Waals surface area contributed by atoms with Crippen LogP contribution in [0.25, 0.3) is 0 Å². The molecule has 0 aromatic heterocycles. The smallest absolute Gasteiger partial charge is 0.251 e. The van der Waals surface area contributed by atoms with E-state index in [-0.39, 0.29) is 10.7 Å². The zero-order valence-electron chi connectivity index (χ0n) is 11.1. The first-order chi connectivity index (χ1) is 8.97. The van der Waals surface area contributed by atoms with Gasteiger partial charge in [0.05, 0.1) is 0 Å². The van der Waals surface area contributed by atoms with Gasteiger partial charge in [-0.05, 0) is 24.1 Å². The number of nitrogens with one attached hydrogen (secondary N) is 1. The molecular weight excluding hydrogens is 349 g/mol. The zero-order chi connectivity index (χ0) is 14.4. The lowest BCUT2D eigenvalue weighted by molar-refractivity contribution is 0.0952. The van der Waals surface area contributed by atoms with Crippen molar-refractivity contribution >= 4 is 45.0 Å². The van der Waals surface area contributed by atoms with Crippen molar-refractivity contribution < 1.29 is 4.79 Å². The number of hydrogen-bond acceptors (Lipinski definition) is 1. The Morgan fingerprint density at radius 1 is 1.21 bits per heavy atom. The molecule has 0 heterocycles. The molecule has 0 saturated heterocycles. The largest absolute Gasteiger partial charge is 0.351 e. The second-order valence-corrected chi connectivity index (χ2v) is 6.51. The van der Waals surface area contributed by atoms with Gasteiger partial charge in [-0.1, -0.05) is 65.8 Å². The summed E-state index contributed by atoms with van der Waals surface area (Å²) in [5.74, 6) is 0.406. The summed E-state index contributed by atoms with van der Waals surface area (Å²) >= 11 is 15.4. The Bertz CT molecular complexity index is 415. The first-order valence-corrected chi connectivity index (χ1v) is 8.03. The highest BCUT2D eigenvalue weighted by Gasteiger charge is 2.16. The maximum absolute atomic E-state index is 12.0. The monoisotopic (exact) mass is 365 g/mol. The van der Waals surface area contributed by atoms with Gasteiger partial charge in [0, 0.05) is 27.0 Å².